The molecule has 2 aromatic rings. The Morgan fingerprint density at radius 1 is 1.35 bits per heavy atom. The summed E-state index contributed by atoms with van der Waals surface area (Å²) in [4.78, 5) is 18.6. The molecule has 1 saturated carbocycles. The number of hydrogen-bond acceptors (Lipinski definition) is 5. The number of aromatic nitrogens is 2. The average molecular weight is 273 g/mol. The number of hydrogen-bond donors (Lipinski definition) is 0. The zero-order chi connectivity index (χ0) is 13.5. The van der Waals surface area contributed by atoms with Crippen molar-refractivity contribution >= 4 is 5.91 Å². The molecule has 6 nitrogen and oxygen atoms in total. The Kier molecular flexibility index (Phi) is 2.61. The zero-order valence-corrected chi connectivity index (χ0v) is 11.0. The lowest BCUT2D eigenvalue weighted by atomic mass is 10.2. The Bertz CT molecular complexity index is 615. The molecular weight excluding hydrogens is 258 g/mol. The van der Waals surface area contributed by atoms with Crippen LogP contribution in [0.5, 0.6) is 0 Å². The summed E-state index contributed by atoms with van der Waals surface area (Å²) in [5, 5.41) is 4.03. The highest BCUT2D eigenvalue weighted by Crippen LogP contribution is 2.40. The predicted octanol–water partition coefficient (Wildman–Crippen LogP) is 2.52. The Balaban J connectivity index is 1.58. The van der Waals surface area contributed by atoms with Crippen LogP contribution in [0.15, 0.2) is 27.3 Å². The van der Waals surface area contributed by atoms with Crippen LogP contribution in [-0.2, 0) is 0 Å². The van der Waals surface area contributed by atoms with Crippen LogP contribution in [0.2, 0.25) is 0 Å². The third kappa shape index (κ3) is 1.92. The van der Waals surface area contributed by atoms with Crippen LogP contribution >= 0.6 is 0 Å². The second-order valence-electron chi connectivity index (χ2n) is 5.40. The molecule has 0 aromatic carbocycles. The molecule has 2 aromatic heterocycles. The highest BCUT2D eigenvalue weighted by Gasteiger charge is 2.37. The third-order valence-corrected chi connectivity index (χ3v) is 3.93. The average Bonchev–Trinajstić information content (AvgIpc) is 2.97. The summed E-state index contributed by atoms with van der Waals surface area (Å²) in [5.74, 6) is 2.06. The van der Waals surface area contributed by atoms with Crippen molar-refractivity contribution in [3.63, 3.8) is 0 Å². The molecule has 1 aliphatic carbocycles. The highest BCUT2D eigenvalue weighted by molar-refractivity contribution is 5.91. The molecule has 0 bridgehead atoms. The maximum absolute atomic E-state index is 12.4. The summed E-state index contributed by atoms with van der Waals surface area (Å²) in [5.41, 5.74) is 0. The summed E-state index contributed by atoms with van der Waals surface area (Å²) < 4.78 is 10.5. The molecule has 1 saturated heterocycles. The van der Waals surface area contributed by atoms with E-state index >= 15 is 0 Å². The molecule has 1 aliphatic heterocycles. The van der Waals surface area contributed by atoms with Gasteiger partial charge in [0.1, 0.15) is 6.04 Å². The van der Waals surface area contributed by atoms with E-state index in [1.807, 2.05) is 0 Å². The molecule has 104 valence electrons. The summed E-state index contributed by atoms with van der Waals surface area (Å²) in [7, 11) is 0. The van der Waals surface area contributed by atoms with Crippen molar-refractivity contribution in [2.45, 2.75) is 37.6 Å². The molecule has 6 heteroatoms. The number of amides is 1. The van der Waals surface area contributed by atoms with Gasteiger partial charge in [-0.25, -0.2) is 0 Å². The molecule has 0 spiro atoms. The SMILES string of the molecule is O=C(c1ccco1)N1CCCC1c1nc(C2CC2)no1. The summed E-state index contributed by atoms with van der Waals surface area (Å²) in [6.07, 6.45) is 5.59. The Morgan fingerprint density at radius 3 is 3.00 bits per heavy atom. The predicted molar refractivity (Wildman–Crippen MR) is 68.0 cm³/mol. The largest absolute Gasteiger partial charge is 0.459 e. The van der Waals surface area contributed by atoms with Crippen LogP contribution in [0.3, 0.4) is 0 Å². The highest BCUT2D eigenvalue weighted by atomic mass is 16.5. The molecule has 0 radical (unpaired) electrons. The molecule has 1 amide bonds. The number of carbonyl (C=O) groups is 1. The molecule has 2 aliphatic rings. The van der Waals surface area contributed by atoms with Crippen molar-refractivity contribution in [1.82, 2.24) is 15.0 Å². The number of nitrogens with zero attached hydrogens (tertiary/aromatic N) is 3. The molecule has 3 heterocycles. The van der Waals surface area contributed by atoms with Crippen molar-refractivity contribution in [1.29, 1.82) is 0 Å². The summed E-state index contributed by atoms with van der Waals surface area (Å²) in [6.45, 7) is 0.700. The fourth-order valence-electron chi connectivity index (χ4n) is 2.70. The minimum atomic E-state index is -0.118. The second-order valence-corrected chi connectivity index (χ2v) is 5.40. The number of carbonyl (C=O) groups excluding carboxylic acids is 1. The van der Waals surface area contributed by atoms with E-state index in [-0.39, 0.29) is 11.9 Å². The first-order chi connectivity index (χ1) is 9.83. The maximum Gasteiger partial charge on any atom is 0.290 e. The van der Waals surface area contributed by atoms with Crippen LogP contribution in [0, 0.1) is 0 Å². The Labute approximate surface area is 115 Å². The molecule has 4 rings (SSSR count). The van der Waals surface area contributed by atoms with Crippen LogP contribution < -0.4 is 0 Å². The van der Waals surface area contributed by atoms with Crippen molar-refractivity contribution in [2.75, 3.05) is 6.54 Å². The Morgan fingerprint density at radius 2 is 2.25 bits per heavy atom. The van der Waals surface area contributed by atoms with E-state index in [1.165, 1.54) is 6.26 Å². The van der Waals surface area contributed by atoms with Crippen molar-refractivity contribution in [2.24, 2.45) is 0 Å². The topological polar surface area (TPSA) is 72.4 Å². The third-order valence-electron chi connectivity index (χ3n) is 3.93. The molecule has 1 unspecified atom stereocenters. The van der Waals surface area contributed by atoms with Gasteiger partial charge in [0.2, 0.25) is 5.89 Å². The van der Waals surface area contributed by atoms with E-state index in [4.69, 9.17) is 8.94 Å². The quantitative estimate of drug-likeness (QED) is 0.859. The smallest absolute Gasteiger partial charge is 0.290 e. The maximum atomic E-state index is 12.4. The van der Waals surface area contributed by atoms with Gasteiger partial charge >= 0.3 is 0 Å². The van der Waals surface area contributed by atoms with Crippen LogP contribution in [0.4, 0.5) is 0 Å². The van der Waals surface area contributed by atoms with E-state index < -0.39 is 0 Å². The number of likely N-dealkylation sites (tertiary alicyclic amines) is 1. The van der Waals surface area contributed by atoms with Gasteiger partial charge in [-0.3, -0.25) is 4.79 Å². The van der Waals surface area contributed by atoms with Crippen LogP contribution in [0.1, 0.15) is 59.9 Å². The molecule has 1 atom stereocenters. The van der Waals surface area contributed by atoms with Crippen molar-refractivity contribution in [3.8, 4) is 0 Å². The summed E-state index contributed by atoms with van der Waals surface area (Å²) in [6, 6.07) is 3.28. The van der Waals surface area contributed by atoms with Gasteiger partial charge in [-0.2, -0.15) is 4.98 Å². The normalized spacial score (nSPS) is 22.4. The zero-order valence-electron chi connectivity index (χ0n) is 11.0. The van der Waals surface area contributed by atoms with E-state index in [2.05, 4.69) is 10.1 Å². The first-order valence-electron chi connectivity index (χ1n) is 7.01. The van der Waals surface area contributed by atoms with Gasteiger partial charge in [0.25, 0.3) is 5.91 Å². The standard InChI is InChI=1S/C14H15N3O3/c18-14(11-4-2-8-19-11)17-7-1-3-10(17)13-15-12(16-20-13)9-5-6-9/h2,4,8-10H,1,3,5-7H2. The fraction of sp³-hybridized carbons (Fsp3) is 0.500. The van der Waals surface area contributed by atoms with Crippen molar-refractivity contribution in [3.05, 3.63) is 35.9 Å². The van der Waals surface area contributed by atoms with Gasteiger partial charge in [0.05, 0.1) is 6.26 Å². The van der Waals surface area contributed by atoms with Crippen LogP contribution in [0.25, 0.3) is 0 Å². The Hall–Kier alpha value is -2.11. The monoisotopic (exact) mass is 273 g/mol. The first kappa shape index (κ1) is 11.7. The van der Waals surface area contributed by atoms with Crippen molar-refractivity contribution < 1.29 is 13.7 Å². The summed E-state index contributed by atoms with van der Waals surface area (Å²) >= 11 is 0. The number of rotatable bonds is 3. The van der Waals surface area contributed by atoms with Gasteiger partial charge in [-0.15, -0.1) is 0 Å². The second kappa shape index (κ2) is 4.47. The van der Waals surface area contributed by atoms with Crippen LogP contribution in [-0.4, -0.2) is 27.5 Å². The lowest BCUT2D eigenvalue weighted by molar-refractivity contribution is 0.0678. The fourth-order valence-corrected chi connectivity index (χ4v) is 2.70. The van der Waals surface area contributed by atoms with Gasteiger partial charge in [0, 0.05) is 12.5 Å². The van der Waals surface area contributed by atoms with E-state index in [9.17, 15) is 4.79 Å². The van der Waals surface area contributed by atoms with Gasteiger partial charge in [-0.05, 0) is 37.8 Å². The molecule has 0 N–H and O–H groups in total. The number of furan rings is 1. The lowest BCUT2D eigenvalue weighted by Crippen LogP contribution is -2.30. The van der Waals surface area contributed by atoms with E-state index in [1.54, 1.807) is 17.0 Å². The minimum absolute atomic E-state index is 0.108. The van der Waals surface area contributed by atoms with Gasteiger partial charge in [0.15, 0.2) is 11.6 Å². The molecular formula is C14H15N3O3. The minimum Gasteiger partial charge on any atom is -0.459 e. The van der Waals surface area contributed by atoms with E-state index in [0.29, 0.717) is 24.1 Å². The van der Waals surface area contributed by atoms with Gasteiger partial charge in [-0.1, -0.05) is 5.16 Å². The molecule has 20 heavy (non-hydrogen) atoms. The first-order valence-corrected chi connectivity index (χ1v) is 7.01. The van der Waals surface area contributed by atoms with E-state index in [0.717, 1.165) is 31.5 Å². The lowest BCUT2D eigenvalue weighted by Gasteiger charge is -2.20. The van der Waals surface area contributed by atoms with Gasteiger partial charge < -0.3 is 13.8 Å². The molecule has 2 fully saturated rings.